The smallest absolute Gasteiger partial charge is 0.294 e. The van der Waals surface area contributed by atoms with Gasteiger partial charge >= 0.3 is 0 Å². The van der Waals surface area contributed by atoms with Crippen LogP contribution in [0.3, 0.4) is 0 Å². The van der Waals surface area contributed by atoms with Gasteiger partial charge in [-0.1, -0.05) is 12.1 Å². The first kappa shape index (κ1) is 19.9. The van der Waals surface area contributed by atoms with Crippen molar-refractivity contribution >= 4 is 40.0 Å². The average molecular weight is 396 g/mol. The molecule has 0 radical (unpaired) electrons. The lowest BCUT2D eigenvalue weighted by Gasteiger charge is -2.15. The Morgan fingerprint density at radius 3 is 2.19 bits per heavy atom. The largest absolute Gasteiger partial charge is 0.326 e. The Kier molecular flexibility index (Phi) is 6.35. The molecule has 0 saturated carbocycles. The van der Waals surface area contributed by atoms with E-state index in [1.165, 1.54) is 36.4 Å². The van der Waals surface area contributed by atoms with Crippen LogP contribution in [-0.2, 0) is 21.3 Å². The predicted octanol–water partition coefficient (Wildman–Crippen LogP) is 2.57. The van der Waals surface area contributed by atoms with E-state index >= 15 is 0 Å². The summed E-state index contributed by atoms with van der Waals surface area (Å²) in [5.74, 6) is -0.551. The Balaban J connectivity index is 2.05. The highest BCUT2D eigenvalue weighted by Gasteiger charge is 2.19. The maximum absolute atomic E-state index is 12.4. The first-order chi connectivity index (χ1) is 12.2. The molecular formula is C16H16N2O6S2. The predicted molar refractivity (Wildman–Crippen MR) is 99.0 cm³/mol. The van der Waals surface area contributed by atoms with E-state index in [0.717, 1.165) is 5.56 Å². The molecule has 2 rings (SSSR count). The van der Waals surface area contributed by atoms with Gasteiger partial charge in [-0.05, 0) is 36.2 Å². The number of nitrogens with one attached hydrogen (secondary N) is 1. The fraction of sp³-hybridized carbons (Fsp3) is 0.188. The number of carbonyl (C=O) groups excluding carboxylic acids is 1. The second-order valence-corrected chi connectivity index (χ2v) is 7.28. The van der Waals surface area contributed by atoms with E-state index in [1.54, 1.807) is 12.1 Å². The lowest BCUT2D eigenvalue weighted by atomic mass is 10.00. The van der Waals surface area contributed by atoms with E-state index in [-0.39, 0.29) is 22.2 Å². The van der Waals surface area contributed by atoms with Crippen LogP contribution in [-0.4, -0.2) is 29.6 Å². The third-order valence-electron chi connectivity index (χ3n) is 3.64. The summed E-state index contributed by atoms with van der Waals surface area (Å²) in [6, 6.07) is 11.0. The number of thiol groups is 1. The maximum atomic E-state index is 12.4. The van der Waals surface area contributed by atoms with Crippen LogP contribution in [0.15, 0.2) is 53.4 Å². The molecule has 0 aliphatic rings. The molecule has 0 fully saturated rings. The summed E-state index contributed by atoms with van der Waals surface area (Å²) in [7, 11) is -4.29. The lowest BCUT2D eigenvalue weighted by Crippen LogP contribution is -2.26. The van der Waals surface area contributed by atoms with E-state index in [0.29, 0.717) is 12.1 Å². The fourth-order valence-corrected chi connectivity index (χ4v) is 3.01. The normalized spacial score (nSPS) is 12.4. The zero-order valence-electron chi connectivity index (χ0n) is 13.4. The average Bonchev–Trinajstić information content (AvgIpc) is 2.59. The summed E-state index contributed by atoms with van der Waals surface area (Å²) in [5.41, 5.74) is 1.10. The topological polar surface area (TPSA) is 127 Å². The quantitative estimate of drug-likeness (QED) is 0.286. The number of nitro groups is 1. The summed E-state index contributed by atoms with van der Waals surface area (Å²) in [6.07, 6.45) is 0.344. The molecule has 0 saturated heterocycles. The van der Waals surface area contributed by atoms with Crippen molar-refractivity contribution in [2.75, 3.05) is 11.1 Å². The molecule has 0 heterocycles. The molecule has 2 aromatic carbocycles. The van der Waals surface area contributed by atoms with Crippen LogP contribution < -0.4 is 5.32 Å². The van der Waals surface area contributed by atoms with Crippen LogP contribution in [0.2, 0.25) is 0 Å². The van der Waals surface area contributed by atoms with Crippen molar-refractivity contribution in [3.63, 3.8) is 0 Å². The molecule has 8 nitrogen and oxygen atoms in total. The zero-order valence-corrected chi connectivity index (χ0v) is 15.1. The van der Waals surface area contributed by atoms with Crippen LogP contribution in [0.25, 0.3) is 0 Å². The number of hydrogen-bond acceptors (Lipinski definition) is 6. The molecule has 2 aromatic rings. The third-order valence-corrected chi connectivity index (χ3v) is 4.95. The minimum Gasteiger partial charge on any atom is -0.326 e. The van der Waals surface area contributed by atoms with Crippen LogP contribution in [0.1, 0.15) is 5.56 Å². The SMILES string of the molecule is O=C(Nc1ccc(S(=O)(=O)O)cc1)C(CS)Cc1ccc([N+](=O)[O-])cc1. The fourth-order valence-electron chi connectivity index (χ4n) is 2.23. The molecule has 1 unspecified atom stereocenters. The Morgan fingerprint density at radius 1 is 1.15 bits per heavy atom. The van der Waals surface area contributed by atoms with Crippen LogP contribution in [0.5, 0.6) is 0 Å². The molecule has 10 heteroatoms. The van der Waals surface area contributed by atoms with Crippen molar-refractivity contribution in [3.05, 3.63) is 64.2 Å². The van der Waals surface area contributed by atoms with Gasteiger partial charge in [0.1, 0.15) is 0 Å². The highest BCUT2D eigenvalue weighted by molar-refractivity contribution is 7.85. The number of carbonyl (C=O) groups is 1. The van der Waals surface area contributed by atoms with Crippen LogP contribution >= 0.6 is 12.6 Å². The molecule has 0 spiro atoms. The van der Waals surface area contributed by atoms with Gasteiger partial charge in [-0.2, -0.15) is 21.0 Å². The highest BCUT2D eigenvalue weighted by atomic mass is 32.2. The first-order valence-corrected chi connectivity index (χ1v) is 9.50. The number of benzene rings is 2. The van der Waals surface area contributed by atoms with E-state index in [2.05, 4.69) is 17.9 Å². The van der Waals surface area contributed by atoms with Gasteiger partial charge in [0.05, 0.1) is 15.7 Å². The monoisotopic (exact) mass is 396 g/mol. The van der Waals surface area contributed by atoms with E-state index < -0.39 is 21.0 Å². The van der Waals surface area contributed by atoms with Crippen LogP contribution in [0.4, 0.5) is 11.4 Å². The van der Waals surface area contributed by atoms with Gasteiger partial charge < -0.3 is 5.32 Å². The third kappa shape index (κ3) is 5.28. The summed E-state index contributed by atoms with van der Waals surface area (Å²) >= 11 is 4.18. The molecule has 138 valence electrons. The maximum Gasteiger partial charge on any atom is 0.294 e. The molecule has 0 bridgehead atoms. The molecule has 0 aliphatic carbocycles. The number of non-ortho nitro benzene ring substituents is 1. The van der Waals surface area contributed by atoms with Crippen molar-refractivity contribution in [1.29, 1.82) is 0 Å². The number of nitro benzene ring substituents is 1. The van der Waals surface area contributed by atoms with Crippen molar-refractivity contribution in [3.8, 4) is 0 Å². The Bertz CT molecular complexity index is 895. The first-order valence-electron chi connectivity index (χ1n) is 7.43. The van der Waals surface area contributed by atoms with Crippen LogP contribution in [0, 0.1) is 16.0 Å². The van der Waals surface area contributed by atoms with Gasteiger partial charge in [-0.3, -0.25) is 19.5 Å². The molecule has 1 amide bonds. The molecule has 0 aromatic heterocycles. The summed E-state index contributed by atoms with van der Waals surface area (Å²) in [4.78, 5) is 22.3. The van der Waals surface area contributed by atoms with Gasteiger partial charge in [-0.25, -0.2) is 0 Å². The molecule has 1 atom stereocenters. The molecule has 2 N–H and O–H groups in total. The summed E-state index contributed by atoms with van der Waals surface area (Å²) < 4.78 is 31.0. The van der Waals surface area contributed by atoms with Crippen molar-refractivity contribution in [2.45, 2.75) is 11.3 Å². The van der Waals surface area contributed by atoms with Gasteiger partial charge in [0.2, 0.25) is 5.91 Å². The van der Waals surface area contributed by atoms with Crippen molar-refractivity contribution in [2.24, 2.45) is 5.92 Å². The minimum absolute atomic E-state index is 0.0282. The van der Waals surface area contributed by atoms with Gasteiger partial charge in [0, 0.05) is 23.6 Å². The Morgan fingerprint density at radius 2 is 1.73 bits per heavy atom. The second kappa shape index (κ2) is 8.30. The van der Waals surface area contributed by atoms with E-state index in [9.17, 15) is 23.3 Å². The van der Waals surface area contributed by atoms with E-state index in [4.69, 9.17) is 4.55 Å². The zero-order chi connectivity index (χ0) is 19.3. The standard InChI is InChI=1S/C16H16N2O6S2/c19-16(17-13-3-7-15(8-4-13)26(22,23)24)12(10-25)9-11-1-5-14(6-2-11)18(20)21/h1-8,12,25H,9-10H2,(H,17,19)(H,22,23,24). The Hall–Kier alpha value is -2.43. The lowest BCUT2D eigenvalue weighted by molar-refractivity contribution is -0.384. The van der Waals surface area contributed by atoms with Gasteiger partial charge in [0.25, 0.3) is 15.8 Å². The Labute approximate surface area is 155 Å². The van der Waals surface area contributed by atoms with Gasteiger partial charge in [0.15, 0.2) is 0 Å². The van der Waals surface area contributed by atoms with Gasteiger partial charge in [-0.15, -0.1) is 0 Å². The number of hydrogen-bond donors (Lipinski definition) is 3. The molecule has 26 heavy (non-hydrogen) atoms. The second-order valence-electron chi connectivity index (χ2n) is 5.50. The minimum atomic E-state index is -4.29. The summed E-state index contributed by atoms with van der Waals surface area (Å²) in [6.45, 7) is 0. The van der Waals surface area contributed by atoms with Crippen molar-refractivity contribution in [1.82, 2.24) is 0 Å². The molecule has 0 aliphatic heterocycles. The van der Waals surface area contributed by atoms with Crippen molar-refractivity contribution < 1.29 is 22.7 Å². The highest BCUT2D eigenvalue weighted by Crippen LogP contribution is 2.18. The number of rotatable bonds is 7. The number of amides is 1. The van der Waals surface area contributed by atoms with E-state index in [1.807, 2.05) is 0 Å². The summed E-state index contributed by atoms with van der Waals surface area (Å²) in [5, 5.41) is 13.3. The molecular weight excluding hydrogens is 380 g/mol. The number of anilines is 1. The number of nitrogens with zero attached hydrogens (tertiary/aromatic N) is 1.